The first kappa shape index (κ1) is 19.0. The summed E-state index contributed by atoms with van der Waals surface area (Å²) in [5, 5.41) is 6.62. The Morgan fingerprint density at radius 1 is 1.36 bits per heavy atom. The van der Waals surface area contributed by atoms with Crippen LogP contribution in [0.3, 0.4) is 0 Å². The Bertz CT molecular complexity index is 506. The van der Waals surface area contributed by atoms with Gasteiger partial charge in [-0.05, 0) is 19.8 Å². The summed E-state index contributed by atoms with van der Waals surface area (Å²) in [7, 11) is 1.48. The van der Waals surface area contributed by atoms with Crippen molar-refractivity contribution in [2.24, 2.45) is 12.0 Å². The van der Waals surface area contributed by atoms with Gasteiger partial charge in [-0.25, -0.2) is 4.99 Å². The minimum Gasteiger partial charge on any atom is -0.357 e. The number of likely N-dealkylation sites (tertiary alicyclic amines) is 1. The molecule has 0 atom stereocenters. The van der Waals surface area contributed by atoms with Gasteiger partial charge in [-0.15, -0.1) is 24.0 Å². The third kappa shape index (κ3) is 4.75. The van der Waals surface area contributed by atoms with Crippen LogP contribution in [-0.4, -0.2) is 40.3 Å². The highest BCUT2D eigenvalue weighted by Gasteiger charge is 2.36. The maximum Gasteiger partial charge on any atom is 0.435 e. The van der Waals surface area contributed by atoms with Crippen molar-refractivity contribution in [1.29, 1.82) is 0 Å². The lowest BCUT2D eigenvalue weighted by atomic mass is 10.2. The van der Waals surface area contributed by atoms with E-state index in [2.05, 4.69) is 20.3 Å². The van der Waals surface area contributed by atoms with Gasteiger partial charge in [0.2, 0.25) is 0 Å². The van der Waals surface area contributed by atoms with E-state index in [4.69, 9.17) is 0 Å². The van der Waals surface area contributed by atoms with Gasteiger partial charge >= 0.3 is 6.18 Å². The number of rotatable bonds is 3. The number of aromatic nitrogens is 2. The number of hydrogen-bond donors (Lipinski definition) is 1. The second kappa shape index (κ2) is 8.02. The van der Waals surface area contributed by atoms with E-state index in [1.807, 2.05) is 6.92 Å². The summed E-state index contributed by atoms with van der Waals surface area (Å²) < 4.78 is 39.8. The van der Waals surface area contributed by atoms with Crippen LogP contribution in [0.25, 0.3) is 0 Å². The number of aryl methyl sites for hydroxylation is 1. The Morgan fingerprint density at radius 2 is 2.00 bits per heavy atom. The van der Waals surface area contributed by atoms with Gasteiger partial charge in [0.1, 0.15) is 0 Å². The lowest BCUT2D eigenvalue weighted by Crippen LogP contribution is -2.39. The number of alkyl halides is 3. The van der Waals surface area contributed by atoms with E-state index in [1.165, 1.54) is 17.9 Å². The highest BCUT2D eigenvalue weighted by molar-refractivity contribution is 14.0. The van der Waals surface area contributed by atoms with Crippen molar-refractivity contribution in [1.82, 2.24) is 20.0 Å². The number of guanidine groups is 1. The molecule has 1 N–H and O–H groups in total. The molecule has 2 heterocycles. The summed E-state index contributed by atoms with van der Waals surface area (Å²) >= 11 is 0. The largest absolute Gasteiger partial charge is 0.435 e. The molecule has 1 fully saturated rings. The van der Waals surface area contributed by atoms with Crippen molar-refractivity contribution in [2.75, 3.05) is 19.6 Å². The Kier molecular flexibility index (Phi) is 6.95. The number of hydrogen-bond acceptors (Lipinski definition) is 2. The van der Waals surface area contributed by atoms with E-state index in [1.54, 1.807) is 0 Å². The smallest absolute Gasteiger partial charge is 0.357 e. The van der Waals surface area contributed by atoms with Gasteiger partial charge in [0.25, 0.3) is 0 Å². The molecule has 0 bridgehead atoms. The molecule has 1 aliphatic rings. The van der Waals surface area contributed by atoms with E-state index in [-0.39, 0.29) is 36.1 Å². The zero-order valence-corrected chi connectivity index (χ0v) is 15.0. The predicted molar refractivity (Wildman–Crippen MR) is 89.2 cm³/mol. The molecule has 0 unspecified atom stereocenters. The van der Waals surface area contributed by atoms with Crippen LogP contribution in [0, 0.1) is 0 Å². The van der Waals surface area contributed by atoms with Crippen molar-refractivity contribution in [2.45, 2.75) is 32.5 Å². The zero-order valence-electron chi connectivity index (χ0n) is 12.7. The molecule has 2 rings (SSSR count). The first-order chi connectivity index (χ1) is 9.91. The van der Waals surface area contributed by atoms with Crippen LogP contribution in [0.1, 0.15) is 31.0 Å². The molecule has 126 valence electrons. The molecule has 0 aliphatic carbocycles. The molecular formula is C13H21F3IN5. The Labute approximate surface area is 145 Å². The Hall–Kier alpha value is -1.00. The summed E-state index contributed by atoms with van der Waals surface area (Å²) in [6.45, 7) is 4.39. The highest BCUT2D eigenvalue weighted by Crippen LogP contribution is 2.30. The summed E-state index contributed by atoms with van der Waals surface area (Å²) in [5.74, 6) is 0.673. The van der Waals surface area contributed by atoms with Crippen molar-refractivity contribution in [3.63, 3.8) is 0 Å². The van der Waals surface area contributed by atoms with Crippen LogP contribution >= 0.6 is 24.0 Å². The molecule has 0 spiro atoms. The van der Waals surface area contributed by atoms with Gasteiger partial charge in [-0.2, -0.15) is 18.3 Å². The quantitative estimate of drug-likeness (QED) is 0.455. The van der Waals surface area contributed by atoms with Crippen molar-refractivity contribution in [3.05, 3.63) is 17.5 Å². The molecule has 1 aromatic heterocycles. The van der Waals surface area contributed by atoms with Crippen molar-refractivity contribution >= 4 is 29.9 Å². The van der Waals surface area contributed by atoms with Crippen molar-refractivity contribution in [3.8, 4) is 0 Å². The lowest BCUT2D eigenvalue weighted by Gasteiger charge is -2.20. The van der Waals surface area contributed by atoms with Crippen LogP contribution in [0.2, 0.25) is 0 Å². The molecule has 0 aromatic carbocycles. The molecule has 1 aromatic rings. The van der Waals surface area contributed by atoms with Gasteiger partial charge in [0.05, 0.1) is 6.54 Å². The molecule has 0 radical (unpaired) electrons. The van der Waals surface area contributed by atoms with E-state index < -0.39 is 11.9 Å². The first-order valence-electron chi connectivity index (χ1n) is 7.04. The maximum atomic E-state index is 12.9. The number of aliphatic imine (C=N–C) groups is 1. The average Bonchev–Trinajstić information content (AvgIpc) is 3.03. The van der Waals surface area contributed by atoms with Gasteiger partial charge in [-0.3, -0.25) is 4.68 Å². The van der Waals surface area contributed by atoms with Crippen LogP contribution in [-0.2, 0) is 19.8 Å². The molecule has 0 saturated carbocycles. The third-order valence-electron chi connectivity index (χ3n) is 3.31. The summed E-state index contributed by atoms with van der Waals surface area (Å²) in [5.41, 5.74) is -0.759. The first-order valence-corrected chi connectivity index (χ1v) is 7.04. The summed E-state index contributed by atoms with van der Waals surface area (Å²) in [4.78, 5) is 6.41. The van der Waals surface area contributed by atoms with E-state index in [0.29, 0.717) is 12.5 Å². The molecular weight excluding hydrogens is 410 g/mol. The van der Waals surface area contributed by atoms with Crippen LogP contribution in [0.4, 0.5) is 13.2 Å². The predicted octanol–water partition coefficient (Wildman–Crippen LogP) is 2.62. The molecule has 9 heteroatoms. The highest BCUT2D eigenvalue weighted by atomic mass is 127. The second-order valence-electron chi connectivity index (χ2n) is 5.04. The van der Waals surface area contributed by atoms with E-state index in [9.17, 15) is 13.2 Å². The molecule has 1 aliphatic heterocycles. The van der Waals surface area contributed by atoms with Gasteiger partial charge in [0, 0.05) is 38.4 Å². The topological polar surface area (TPSA) is 45.5 Å². The summed E-state index contributed by atoms with van der Waals surface area (Å²) in [6, 6.07) is 0. The number of nitrogens with one attached hydrogen (secondary N) is 1. The SMILES string of the molecule is CCNC(=NCc1cn(C)nc1C(F)(F)F)N1CCCC1.I. The number of halogens is 4. The van der Waals surface area contributed by atoms with Gasteiger partial charge in [-0.1, -0.05) is 0 Å². The van der Waals surface area contributed by atoms with Gasteiger partial charge in [0.15, 0.2) is 11.7 Å². The normalized spacial score (nSPS) is 15.9. The minimum absolute atomic E-state index is 0. The maximum absolute atomic E-state index is 12.9. The van der Waals surface area contributed by atoms with Crippen molar-refractivity contribution < 1.29 is 13.2 Å². The Morgan fingerprint density at radius 3 is 2.55 bits per heavy atom. The molecule has 22 heavy (non-hydrogen) atoms. The number of nitrogens with zero attached hydrogens (tertiary/aromatic N) is 4. The zero-order chi connectivity index (χ0) is 15.5. The average molecular weight is 431 g/mol. The fourth-order valence-corrected chi connectivity index (χ4v) is 2.41. The minimum atomic E-state index is -4.45. The van der Waals surface area contributed by atoms with Crippen LogP contribution in [0.15, 0.2) is 11.2 Å². The molecule has 0 amide bonds. The standard InChI is InChI=1S/C13H20F3N5.HI/c1-3-17-12(21-6-4-5-7-21)18-8-10-9-20(2)19-11(10)13(14,15)16;/h9H,3-8H2,1-2H3,(H,17,18);1H. The van der Waals surface area contributed by atoms with E-state index in [0.717, 1.165) is 25.9 Å². The summed E-state index contributed by atoms with van der Waals surface area (Å²) in [6.07, 6.45) is -0.895. The third-order valence-corrected chi connectivity index (χ3v) is 3.31. The monoisotopic (exact) mass is 431 g/mol. The molecule has 1 saturated heterocycles. The van der Waals surface area contributed by atoms with Crippen LogP contribution in [0.5, 0.6) is 0 Å². The Balaban J connectivity index is 0.00000242. The van der Waals surface area contributed by atoms with Gasteiger partial charge < -0.3 is 10.2 Å². The fraction of sp³-hybridized carbons (Fsp3) is 0.692. The fourth-order valence-electron chi connectivity index (χ4n) is 2.41. The second-order valence-corrected chi connectivity index (χ2v) is 5.04. The lowest BCUT2D eigenvalue weighted by molar-refractivity contribution is -0.142. The van der Waals surface area contributed by atoms with Crippen LogP contribution < -0.4 is 5.32 Å². The van der Waals surface area contributed by atoms with E-state index >= 15 is 0 Å². The molecule has 5 nitrogen and oxygen atoms in total.